The summed E-state index contributed by atoms with van der Waals surface area (Å²) >= 11 is 0. The van der Waals surface area contributed by atoms with E-state index in [1.165, 1.54) is 0 Å². The fourth-order valence-corrected chi connectivity index (χ4v) is 1.43. The van der Waals surface area contributed by atoms with Gasteiger partial charge in [0.05, 0.1) is 0 Å². The number of hydrogen-bond acceptors (Lipinski definition) is 4. The molecule has 0 aliphatic rings. The maximum Gasteiger partial charge on any atom is 0.295 e. The number of hydrogen-bond donors (Lipinski definition) is 2. The van der Waals surface area contributed by atoms with Gasteiger partial charge in [0.1, 0.15) is 0 Å². The molecule has 3 N–H and O–H groups in total. The first-order chi connectivity index (χ1) is 4.41. The monoisotopic (exact) mass is 167 g/mol. The molecule has 56 valence electrons. The third kappa shape index (κ3) is 8.27. The van der Waals surface area contributed by atoms with Crippen molar-refractivity contribution in [2.24, 2.45) is 5.73 Å². The lowest BCUT2D eigenvalue weighted by Gasteiger charge is -2.00. The molecule has 0 spiro atoms. The van der Waals surface area contributed by atoms with Gasteiger partial charge < -0.3 is 19.1 Å². The lowest BCUT2D eigenvalue weighted by molar-refractivity contribution is 0.279. The average molecular weight is 167 g/mol. The molecule has 9 heavy (non-hydrogen) atoms. The summed E-state index contributed by atoms with van der Waals surface area (Å²) in [5.74, 6) is 0. The summed E-state index contributed by atoms with van der Waals surface area (Å²) < 4.78 is 9.78. The van der Waals surface area contributed by atoms with Crippen LogP contribution >= 0.6 is 0 Å². The summed E-state index contributed by atoms with van der Waals surface area (Å²) in [7, 11) is -2.07. The molecule has 6 heteroatoms. The fourth-order valence-electron chi connectivity index (χ4n) is 0.341. The summed E-state index contributed by atoms with van der Waals surface area (Å²) in [4.78, 5) is 8.27. The molecule has 0 aliphatic heterocycles. The van der Waals surface area contributed by atoms with E-state index in [-0.39, 0.29) is 0 Å². The van der Waals surface area contributed by atoms with Crippen molar-refractivity contribution in [1.82, 2.24) is 0 Å². The lowest BCUT2D eigenvalue weighted by atomic mass is 10.5. The summed E-state index contributed by atoms with van der Waals surface area (Å²) in [6.45, 7) is 1.34. The first kappa shape index (κ1) is 9.27. The summed E-state index contributed by atoms with van der Waals surface area (Å²) in [6.07, 6.45) is 0.878. The van der Waals surface area contributed by atoms with Crippen LogP contribution in [-0.2, 0) is 8.54 Å². The second-order valence-electron chi connectivity index (χ2n) is 1.50. The van der Waals surface area contributed by atoms with E-state index in [1.54, 1.807) is 0 Å². The van der Waals surface area contributed by atoms with Crippen molar-refractivity contribution in [3.63, 3.8) is 0 Å². The number of nitrogens with two attached hydrogens (primary N) is 1. The van der Waals surface area contributed by atoms with E-state index in [0.717, 1.165) is 6.42 Å². The van der Waals surface area contributed by atoms with E-state index >= 15 is 0 Å². The highest BCUT2D eigenvalue weighted by atomic mass is 28.3. The molecule has 0 fully saturated rings. The largest absolute Gasteiger partial charge is 0.424 e. The predicted octanol–water partition coefficient (Wildman–Crippen LogP) is -2.64. The quantitative estimate of drug-likeness (QED) is 0.335. The molecular weight excluding hydrogens is 154 g/mol. The standard InChI is InChI=1S/C3H13NO3Si2/c4-2-1-3-6-9-7-8-5/h5H,1-4,8-9H2. The van der Waals surface area contributed by atoms with E-state index in [4.69, 9.17) is 19.1 Å². The van der Waals surface area contributed by atoms with Crippen LogP contribution in [-0.4, -0.2) is 38.0 Å². The Balaban J connectivity index is 2.60. The van der Waals surface area contributed by atoms with Crippen molar-refractivity contribution in [2.45, 2.75) is 6.42 Å². The zero-order valence-electron chi connectivity index (χ0n) is 5.38. The smallest absolute Gasteiger partial charge is 0.295 e. The van der Waals surface area contributed by atoms with Crippen LogP contribution in [0.25, 0.3) is 0 Å². The van der Waals surface area contributed by atoms with Crippen molar-refractivity contribution in [1.29, 1.82) is 0 Å². The van der Waals surface area contributed by atoms with Crippen molar-refractivity contribution < 1.29 is 13.3 Å². The minimum absolute atomic E-state index is 0.658. The Kier molecular flexibility index (Phi) is 8.53. The molecule has 0 unspecified atom stereocenters. The van der Waals surface area contributed by atoms with Crippen molar-refractivity contribution >= 4 is 20.0 Å². The van der Waals surface area contributed by atoms with Gasteiger partial charge in [-0.15, -0.1) is 0 Å². The zero-order chi connectivity index (χ0) is 6.95. The Morgan fingerprint density at radius 2 is 2.33 bits per heavy atom. The minimum Gasteiger partial charge on any atom is -0.424 e. The van der Waals surface area contributed by atoms with Crippen LogP contribution in [0.3, 0.4) is 0 Å². The first-order valence-corrected chi connectivity index (χ1v) is 5.24. The zero-order valence-corrected chi connectivity index (χ0v) is 8.21. The second kappa shape index (κ2) is 8.27. The molecule has 0 radical (unpaired) electrons. The molecular formula is C3H13NO3Si2. The van der Waals surface area contributed by atoms with E-state index in [0.29, 0.717) is 13.2 Å². The van der Waals surface area contributed by atoms with Crippen LogP contribution < -0.4 is 5.73 Å². The van der Waals surface area contributed by atoms with Gasteiger partial charge in [-0.3, -0.25) is 0 Å². The van der Waals surface area contributed by atoms with E-state index in [1.807, 2.05) is 0 Å². The molecule has 0 atom stereocenters. The highest BCUT2D eigenvalue weighted by Crippen LogP contribution is 1.76. The van der Waals surface area contributed by atoms with Crippen LogP contribution in [0.15, 0.2) is 0 Å². The molecule has 0 heterocycles. The average Bonchev–Trinajstić information content (AvgIpc) is 1.89. The van der Waals surface area contributed by atoms with Crippen LogP contribution in [0.1, 0.15) is 6.42 Å². The van der Waals surface area contributed by atoms with Gasteiger partial charge >= 0.3 is 0 Å². The Morgan fingerprint density at radius 1 is 1.56 bits per heavy atom. The molecule has 0 amide bonds. The van der Waals surface area contributed by atoms with Gasteiger partial charge in [0.25, 0.3) is 20.0 Å². The van der Waals surface area contributed by atoms with Crippen LogP contribution in [0.5, 0.6) is 0 Å². The SMILES string of the molecule is NCCCO[SiH2]O[SiH2]O. The summed E-state index contributed by atoms with van der Waals surface area (Å²) in [5.41, 5.74) is 5.20. The topological polar surface area (TPSA) is 64.7 Å². The normalized spacial score (nSPS) is 12.7. The fraction of sp³-hybridized carbons (Fsp3) is 1.00. The Labute approximate surface area is 59.5 Å². The molecule has 0 aromatic carbocycles. The summed E-state index contributed by atoms with van der Waals surface area (Å²) in [5, 5.41) is 0. The maximum absolute atomic E-state index is 8.27. The highest BCUT2D eigenvalue weighted by molar-refractivity contribution is 6.33. The van der Waals surface area contributed by atoms with Crippen LogP contribution in [0.2, 0.25) is 0 Å². The summed E-state index contributed by atoms with van der Waals surface area (Å²) in [6, 6.07) is 0. The molecule has 0 bridgehead atoms. The van der Waals surface area contributed by atoms with Gasteiger partial charge in [0, 0.05) is 6.61 Å². The van der Waals surface area contributed by atoms with Gasteiger partial charge in [-0.2, -0.15) is 0 Å². The van der Waals surface area contributed by atoms with E-state index in [2.05, 4.69) is 0 Å². The number of rotatable bonds is 6. The minimum atomic E-state index is -1.21. The molecule has 0 saturated carbocycles. The molecule has 0 saturated heterocycles. The van der Waals surface area contributed by atoms with Gasteiger partial charge in [-0.05, 0) is 13.0 Å². The maximum atomic E-state index is 8.27. The first-order valence-electron chi connectivity index (χ1n) is 2.88. The molecule has 0 aromatic heterocycles. The van der Waals surface area contributed by atoms with Crippen molar-refractivity contribution in [3.8, 4) is 0 Å². The van der Waals surface area contributed by atoms with Gasteiger partial charge in [-0.1, -0.05) is 0 Å². The third-order valence-corrected chi connectivity index (χ3v) is 2.60. The predicted molar refractivity (Wildman–Crippen MR) is 40.0 cm³/mol. The Morgan fingerprint density at radius 3 is 2.89 bits per heavy atom. The van der Waals surface area contributed by atoms with Crippen molar-refractivity contribution in [3.05, 3.63) is 0 Å². The lowest BCUT2D eigenvalue weighted by Crippen LogP contribution is -2.11. The Hall–Kier alpha value is 0.274. The van der Waals surface area contributed by atoms with Crippen molar-refractivity contribution in [2.75, 3.05) is 13.2 Å². The molecule has 4 nitrogen and oxygen atoms in total. The van der Waals surface area contributed by atoms with Gasteiger partial charge in [0.2, 0.25) is 0 Å². The molecule has 0 aliphatic carbocycles. The van der Waals surface area contributed by atoms with E-state index in [9.17, 15) is 0 Å². The van der Waals surface area contributed by atoms with Gasteiger partial charge in [-0.25, -0.2) is 0 Å². The Bertz CT molecular complexity index is 50.3. The van der Waals surface area contributed by atoms with Crippen LogP contribution in [0.4, 0.5) is 0 Å². The molecule has 0 aromatic rings. The highest BCUT2D eigenvalue weighted by Gasteiger charge is 1.86. The second-order valence-corrected chi connectivity index (χ2v) is 4.04. The van der Waals surface area contributed by atoms with Crippen LogP contribution in [0, 0.1) is 0 Å². The molecule has 0 rings (SSSR count). The van der Waals surface area contributed by atoms with Gasteiger partial charge in [0.15, 0.2) is 0 Å². The van der Waals surface area contributed by atoms with E-state index < -0.39 is 20.0 Å². The third-order valence-electron chi connectivity index (χ3n) is 0.751.